The van der Waals surface area contributed by atoms with Crippen LogP contribution in [0.5, 0.6) is 0 Å². The second-order valence-corrected chi connectivity index (χ2v) is 12.8. The molecule has 4 aliphatic rings. The number of piperidine rings is 1. The Morgan fingerprint density at radius 2 is 1.67 bits per heavy atom. The number of amides is 3. The third-order valence-corrected chi connectivity index (χ3v) is 10.3. The highest BCUT2D eigenvalue weighted by atomic mass is 19.1. The molecular formula is C37H32FN5O3. The molecule has 3 aliphatic heterocycles. The molecule has 3 amide bonds. The van der Waals surface area contributed by atoms with E-state index in [4.69, 9.17) is 5.26 Å². The maximum atomic E-state index is 14.6. The first-order chi connectivity index (χ1) is 22.4. The molecule has 1 unspecified atom stereocenters. The zero-order valence-corrected chi connectivity index (χ0v) is 25.3. The maximum Gasteiger partial charge on any atom is 0.259 e. The van der Waals surface area contributed by atoms with Crippen molar-refractivity contribution in [1.29, 1.82) is 5.26 Å². The van der Waals surface area contributed by atoms with E-state index in [-0.39, 0.29) is 29.6 Å². The molecule has 8 nitrogen and oxygen atoms in total. The number of anilines is 2. The number of benzene rings is 4. The van der Waals surface area contributed by atoms with E-state index >= 15 is 0 Å². The summed E-state index contributed by atoms with van der Waals surface area (Å²) >= 11 is 0. The third kappa shape index (κ3) is 4.55. The monoisotopic (exact) mass is 613 g/mol. The normalized spacial score (nSPS) is 20.6. The minimum absolute atomic E-state index is 0.0235. The molecule has 0 radical (unpaired) electrons. The van der Waals surface area contributed by atoms with Gasteiger partial charge in [-0.05, 0) is 78.1 Å². The van der Waals surface area contributed by atoms with Crippen LogP contribution in [0, 0.1) is 17.1 Å². The van der Waals surface area contributed by atoms with Crippen molar-refractivity contribution in [1.82, 2.24) is 10.2 Å². The molecule has 230 valence electrons. The van der Waals surface area contributed by atoms with Gasteiger partial charge in [0, 0.05) is 49.1 Å². The number of nitrogens with zero attached hydrogens (tertiary/aromatic N) is 4. The summed E-state index contributed by atoms with van der Waals surface area (Å²) < 4.78 is 14.6. The fraction of sp³-hybridized carbons (Fsp3) is 0.297. The molecule has 1 atom stereocenters. The summed E-state index contributed by atoms with van der Waals surface area (Å²) in [6.07, 6.45) is 3.43. The number of halogens is 1. The molecule has 4 aromatic carbocycles. The number of rotatable bonds is 6. The summed E-state index contributed by atoms with van der Waals surface area (Å²) in [5, 5.41) is 13.3. The molecule has 8 rings (SSSR count). The number of hydrogen-bond donors (Lipinski definition) is 1. The minimum Gasteiger partial charge on any atom is -0.367 e. The van der Waals surface area contributed by atoms with Crippen molar-refractivity contribution < 1.29 is 18.8 Å². The molecule has 0 spiro atoms. The van der Waals surface area contributed by atoms with E-state index in [0.717, 1.165) is 61.0 Å². The Morgan fingerprint density at radius 3 is 2.37 bits per heavy atom. The molecule has 1 saturated carbocycles. The summed E-state index contributed by atoms with van der Waals surface area (Å²) in [6, 6.07) is 24.6. The zero-order chi connectivity index (χ0) is 31.6. The molecule has 0 bridgehead atoms. The number of piperazine rings is 1. The number of carbonyl (C=O) groups excluding carboxylic acids is 3. The van der Waals surface area contributed by atoms with Crippen LogP contribution in [0.25, 0.3) is 10.8 Å². The van der Waals surface area contributed by atoms with Crippen LogP contribution >= 0.6 is 0 Å². The van der Waals surface area contributed by atoms with E-state index in [1.807, 2.05) is 36.4 Å². The number of imide groups is 1. The second kappa shape index (κ2) is 10.8. The molecule has 3 heterocycles. The molecule has 2 saturated heterocycles. The Balaban J connectivity index is 0.989. The van der Waals surface area contributed by atoms with Gasteiger partial charge >= 0.3 is 0 Å². The molecular weight excluding hydrogens is 581 g/mol. The predicted molar refractivity (Wildman–Crippen MR) is 172 cm³/mol. The minimum atomic E-state index is -0.700. The second-order valence-electron chi connectivity index (χ2n) is 12.8. The predicted octanol–water partition coefficient (Wildman–Crippen LogP) is 5.02. The van der Waals surface area contributed by atoms with E-state index in [0.29, 0.717) is 29.7 Å². The quantitative estimate of drug-likeness (QED) is 0.307. The molecule has 1 aliphatic carbocycles. The van der Waals surface area contributed by atoms with Gasteiger partial charge in [0.15, 0.2) is 0 Å². The van der Waals surface area contributed by atoms with Crippen LogP contribution < -0.4 is 15.1 Å². The summed E-state index contributed by atoms with van der Waals surface area (Å²) in [4.78, 5) is 44.1. The fourth-order valence-corrected chi connectivity index (χ4v) is 7.73. The summed E-state index contributed by atoms with van der Waals surface area (Å²) in [6.45, 7) is 3.15. The van der Waals surface area contributed by atoms with Gasteiger partial charge in [-0.25, -0.2) is 4.39 Å². The van der Waals surface area contributed by atoms with Crippen molar-refractivity contribution in [3.05, 3.63) is 106 Å². The topological polar surface area (TPSA) is 96.8 Å². The summed E-state index contributed by atoms with van der Waals surface area (Å²) in [5.41, 5.74) is 5.82. The van der Waals surface area contributed by atoms with Crippen LogP contribution in [0.3, 0.4) is 0 Å². The van der Waals surface area contributed by atoms with Crippen molar-refractivity contribution in [2.24, 2.45) is 0 Å². The molecule has 0 aromatic heterocycles. The lowest BCUT2D eigenvalue weighted by Gasteiger charge is -2.41. The van der Waals surface area contributed by atoms with Gasteiger partial charge < -0.3 is 4.90 Å². The Hall–Kier alpha value is -5.07. The van der Waals surface area contributed by atoms with Crippen molar-refractivity contribution >= 4 is 39.9 Å². The largest absolute Gasteiger partial charge is 0.367 e. The third-order valence-electron chi connectivity index (χ3n) is 10.3. The van der Waals surface area contributed by atoms with Crippen molar-refractivity contribution in [2.45, 2.75) is 43.7 Å². The lowest BCUT2D eigenvalue weighted by molar-refractivity contribution is -0.134. The SMILES string of the molecule is N#Cc1ccc(N2CCN(C3(c4ccc(Cc5ccc6c7c(cccc57)C(=O)N6C5CCC(=O)NC5=O)cc4)CC3)CC2)c(F)c1. The highest BCUT2D eigenvalue weighted by Gasteiger charge is 2.50. The van der Waals surface area contributed by atoms with Crippen LogP contribution in [0.1, 0.15) is 58.3 Å². The summed E-state index contributed by atoms with van der Waals surface area (Å²) in [7, 11) is 0. The molecule has 4 aromatic rings. The van der Waals surface area contributed by atoms with E-state index in [1.54, 1.807) is 17.0 Å². The highest BCUT2D eigenvalue weighted by molar-refractivity contribution is 6.27. The molecule has 1 N–H and O–H groups in total. The van der Waals surface area contributed by atoms with Gasteiger partial charge in [-0.3, -0.25) is 29.5 Å². The lowest BCUT2D eigenvalue weighted by atomic mass is 9.94. The van der Waals surface area contributed by atoms with Crippen LogP contribution in [-0.2, 0) is 21.5 Å². The van der Waals surface area contributed by atoms with E-state index in [1.165, 1.54) is 17.2 Å². The van der Waals surface area contributed by atoms with Gasteiger partial charge in [-0.2, -0.15) is 5.26 Å². The van der Waals surface area contributed by atoms with Gasteiger partial charge in [0.2, 0.25) is 11.8 Å². The average Bonchev–Trinajstić information content (AvgIpc) is 3.83. The van der Waals surface area contributed by atoms with E-state index in [2.05, 4.69) is 39.4 Å². The first-order valence-electron chi connectivity index (χ1n) is 15.9. The number of nitriles is 1. The smallest absolute Gasteiger partial charge is 0.259 e. The van der Waals surface area contributed by atoms with Crippen molar-refractivity contribution in [3.63, 3.8) is 0 Å². The molecule has 46 heavy (non-hydrogen) atoms. The first kappa shape index (κ1) is 28.4. The van der Waals surface area contributed by atoms with Gasteiger partial charge in [-0.15, -0.1) is 0 Å². The highest BCUT2D eigenvalue weighted by Crippen LogP contribution is 2.51. The Bertz CT molecular complexity index is 1970. The average molecular weight is 614 g/mol. The fourth-order valence-electron chi connectivity index (χ4n) is 7.73. The Labute approximate surface area is 266 Å². The van der Waals surface area contributed by atoms with Gasteiger partial charge in [0.05, 0.1) is 23.0 Å². The summed E-state index contributed by atoms with van der Waals surface area (Å²) in [5.74, 6) is -1.27. The number of carbonyl (C=O) groups is 3. The standard InChI is InChI=1S/C37H32FN5O3/c38-29-21-24(22-39)6-10-30(29)41-16-18-42(19-17-41)37(14-15-37)26-8-4-23(5-9-26)20-25-7-11-31-34-27(25)2-1-3-28(34)36(46)43(31)32-12-13-33(44)40-35(32)45/h1-11,21,32H,12-20H2,(H,40,44,45). The lowest BCUT2D eigenvalue weighted by Crippen LogP contribution is -2.53. The van der Waals surface area contributed by atoms with Crippen molar-refractivity contribution in [2.75, 3.05) is 36.0 Å². The Morgan fingerprint density at radius 1 is 0.913 bits per heavy atom. The Kier molecular flexibility index (Phi) is 6.66. The number of nitrogens with one attached hydrogen (secondary N) is 1. The van der Waals surface area contributed by atoms with Crippen LogP contribution in [0.4, 0.5) is 15.8 Å². The van der Waals surface area contributed by atoms with Crippen LogP contribution in [0.15, 0.2) is 72.8 Å². The van der Waals surface area contributed by atoms with Gasteiger partial charge in [-0.1, -0.05) is 42.5 Å². The van der Waals surface area contributed by atoms with Gasteiger partial charge in [0.25, 0.3) is 5.91 Å². The van der Waals surface area contributed by atoms with Crippen LogP contribution in [-0.4, -0.2) is 54.8 Å². The van der Waals surface area contributed by atoms with Gasteiger partial charge in [0.1, 0.15) is 11.9 Å². The van der Waals surface area contributed by atoms with E-state index in [9.17, 15) is 18.8 Å². The maximum absolute atomic E-state index is 14.6. The molecule has 9 heteroatoms. The first-order valence-corrected chi connectivity index (χ1v) is 15.9. The van der Waals surface area contributed by atoms with Crippen molar-refractivity contribution in [3.8, 4) is 6.07 Å². The zero-order valence-electron chi connectivity index (χ0n) is 25.3. The van der Waals surface area contributed by atoms with Crippen LogP contribution in [0.2, 0.25) is 0 Å². The number of hydrogen-bond acceptors (Lipinski definition) is 6. The molecule has 3 fully saturated rings. The van der Waals surface area contributed by atoms with E-state index < -0.39 is 11.9 Å².